The topological polar surface area (TPSA) is 20.3 Å². The van der Waals surface area contributed by atoms with E-state index in [4.69, 9.17) is 0 Å². The summed E-state index contributed by atoms with van der Waals surface area (Å²) in [5, 5.41) is 1.13. The molecule has 3 rings (SSSR count). The summed E-state index contributed by atoms with van der Waals surface area (Å²) in [6.45, 7) is 4.82. The minimum absolute atomic E-state index is 0.0844. The molecule has 0 aliphatic heterocycles. The van der Waals surface area contributed by atoms with Crippen molar-refractivity contribution in [1.82, 2.24) is 4.90 Å². The van der Waals surface area contributed by atoms with Gasteiger partial charge >= 0.3 is 0 Å². The summed E-state index contributed by atoms with van der Waals surface area (Å²) in [5.41, 5.74) is 3.68. The number of hydrogen-bond acceptors (Lipinski definition) is 2. The van der Waals surface area contributed by atoms with E-state index in [-0.39, 0.29) is 5.91 Å². The smallest absolute Gasteiger partial charge is 0.264 e. The van der Waals surface area contributed by atoms with Gasteiger partial charge in [0.2, 0.25) is 0 Å². The first kappa shape index (κ1) is 14.8. The molecule has 0 atom stereocenters. The minimum Gasteiger partial charge on any atom is -0.337 e. The zero-order valence-electron chi connectivity index (χ0n) is 13.1. The van der Waals surface area contributed by atoms with Crippen molar-refractivity contribution < 1.29 is 4.79 Å². The Hall–Kier alpha value is -2.13. The number of hydrogen-bond donors (Lipinski definition) is 0. The summed E-state index contributed by atoms with van der Waals surface area (Å²) >= 11 is 1.56. The highest BCUT2D eigenvalue weighted by Crippen LogP contribution is 2.26. The second kappa shape index (κ2) is 5.93. The summed E-state index contributed by atoms with van der Waals surface area (Å²) in [7, 11) is 1.87. The van der Waals surface area contributed by atoms with Crippen LogP contribution in [0.1, 0.15) is 26.4 Å². The summed E-state index contributed by atoms with van der Waals surface area (Å²) in [5.74, 6) is 0.0844. The number of amides is 1. The van der Waals surface area contributed by atoms with E-state index >= 15 is 0 Å². The van der Waals surface area contributed by atoms with Crippen molar-refractivity contribution in [2.24, 2.45) is 0 Å². The summed E-state index contributed by atoms with van der Waals surface area (Å²) in [4.78, 5) is 15.2. The van der Waals surface area contributed by atoms with Gasteiger partial charge in [0.25, 0.3) is 5.91 Å². The minimum atomic E-state index is 0.0844. The Bertz CT molecular complexity index is 801. The van der Waals surface area contributed by atoms with Crippen LogP contribution in [0.3, 0.4) is 0 Å². The van der Waals surface area contributed by atoms with E-state index in [9.17, 15) is 4.79 Å². The van der Waals surface area contributed by atoms with Crippen LogP contribution in [0.25, 0.3) is 10.1 Å². The Kier molecular flexibility index (Phi) is 3.99. The Morgan fingerprint density at radius 1 is 1.09 bits per heavy atom. The normalized spacial score (nSPS) is 10.9. The van der Waals surface area contributed by atoms with E-state index in [1.807, 2.05) is 31.3 Å². The second-order valence-corrected chi connectivity index (χ2v) is 6.82. The van der Waals surface area contributed by atoms with Gasteiger partial charge < -0.3 is 4.90 Å². The molecule has 0 aliphatic rings. The van der Waals surface area contributed by atoms with Gasteiger partial charge in [-0.3, -0.25) is 4.79 Å². The van der Waals surface area contributed by atoms with E-state index in [0.29, 0.717) is 6.54 Å². The second-order valence-electron chi connectivity index (χ2n) is 5.74. The van der Waals surface area contributed by atoms with E-state index in [1.165, 1.54) is 16.7 Å². The fraction of sp³-hybridized carbons (Fsp3) is 0.211. The third-order valence-electron chi connectivity index (χ3n) is 3.89. The first-order chi connectivity index (χ1) is 10.5. The van der Waals surface area contributed by atoms with Gasteiger partial charge in [-0.1, -0.05) is 42.0 Å². The number of nitrogens with zero attached hydrogens (tertiary/aromatic N) is 1. The average Bonchev–Trinajstić information content (AvgIpc) is 2.93. The molecular weight excluding hydrogens is 290 g/mol. The molecule has 112 valence electrons. The highest BCUT2D eigenvalue weighted by molar-refractivity contribution is 7.20. The van der Waals surface area contributed by atoms with Gasteiger partial charge in [0, 0.05) is 18.3 Å². The molecule has 0 spiro atoms. The number of rotatable bonds is 3. The molecule has 0 bridgehead atoms. The molecule has 22 heavy (non-hydrogen) atoms. The summed E-state index contributed by atoms with van der Waals surface area (Å²) < 4.78 is 1.16. The van der Waals surface area contributed by atoms with E-state index in [1.54, 1.807) is 16.2 Å². The van der Waals surface area contributed by atoms with E-state index in [2.05, 4.69) is 38.1 Å². The fourth-order valence-corrected chi connectivity index (χ4v) is 3.68. The highest BCUT2D eigenvalue weighted by Gasteiger charge is 2.15. The fourth-order valence-electron chi connectivity index (χ4n) is 2.63. The predicted molar refractivity (Wildman–Crippen MR) is 93.5 cm³/mol. The van der Waals surface area contributed by atoms with Crippen molar-refractivity contribution >= 4 is 27.3 Å². The monoisotopic (exact) mass is 309 g/mol. The number of benzene rings is 2. The Morgan fingerprint density at radius 2 is 1.86 bits per heavy atom. The quantitative estimate of drug-likeness (QED) is 0.681. The van der Waals surface area contributed by atoms with Crippen LogP contribution in [0.2, 0.25) is 0 Å². The number of fused-ring (bicyclic) bond motifs is 1. The Morgan fingerprint density at radius 3 is 2.59 bits per heavy atom. The van der Waals surface area contributed by atoms with Crippen LogP contribution in [-0.2, 0) is 6.54 Å². The average molecular weight is 309 g/mol. The Labute approximate surface area is 135 Å². The predicted octanol–water partition coefficient (Wildman–Crippen LogP) is 4.79. The van der Waals surface area contributed by atoms with Crippen molar-refractivity contribution in [3.05, 3.63) is 70.1 Å². The van der Waals surface area contributed by atoms with Crippen LogP contribution in [0.15, 0.2) is 48.5 Å². The van der Waals surface area contributed by atoms with Gasteiger partial charge in [-0.2, -0.15) is 0 Å². The standard InChI is InChI=1S/C19H19NOS/c1-13-8-9-16(14(2)10-13)12-20(3)19(21)18-11-15-6-4-5-7-17(15)22-18/h4-11H,12H2,1-3H3. The van der Waals surface area contributed by atoms with Gasteiger partial charge in [-0.05, 0) is 42.5 Å². The summed E-state index contributed by atoms with van der Waals surface area (Å²) in [6.07, 6.45) is 0. The van der Waals surface area contributed by atoms with Gasteiger partial charge in [-0.25, -0.2) is 0 Å². The molecule has 0 N–H and O–H groups in total. The molecule has 3 aromatic rings. The third kappa shape index (κ3) is 2.90. The molecule has 2 nitrogen and oxygen atoms in total. The zero-order chi connectivity index (χ0) is 15.7. The molecule has 0 saturated carbocycles. The maximum absolute atomic E-state index is 12.6. The lowest BCUT2D eigenvalue weighted by atomic mass is 10.1. The van der Waals surface area contributed by atoms with Crippen molar-refractivity contribution in [3.8, 4) is 0 Å². The van der Waals surface area contributed by atoms with Crippen LogP contribution in [0.4, 0.5) is 0 Å². The molecule has 1 aromatic heterocycles. The largest absolute Gasteiger partial charge is 0.337 e. The van der Waals surface area contributed by atoms with Crippen molar-refractivity contribution in [2.45, 2.75) is 20.4 Å². The lowest BCUT2D eigenvalue weighted by Crippen LogP contribution is -2.25. The molecule has 1 amide bonds. The van der Waals surface area contributed by atoms with Crippen LogP contribution in [0, 0.1) is 13.8 Å². The lowest BCUT2D eigenvalue weighted by Gasteiger charge is -2.18. The molecule has 1 heterocycles. The van der Waals surface area contributed by atoms with Gasteiger partial charge in [-0.15, -0.1) is 11.3 Å². The highest BCUT2D eigenvalue weighted by atomic mass is 32.1. The third-order valence-corrected chi connectivity index (χ3v) is 4.99. The van der Waals surface area contributed by atoms with E-state index < -0.39 is 0 Å². The number of thiophene rings is 1. The van der Waals surface area contributed by atoms with Crippen LogP contribution < -0.4 is 0 Å². The van der Waals surface area contributed by atoms with Crippen LogP contribution in [0.5, 0.6) is 0 Å². The molecule has 0 aliphatic carbocycles. The molecule has 2 aromatic carbocycles. The molecular formula is C19H19NOS. The van der Waals surface area contributed by atoms with Crippen molar-refractivity contribution in [2.75, 3.05) is 7.05 Å². The lowest BCUT2D eigenvalue weighted by molar-refractivity contribution is 0.0790. The Balaban J connectivity index is 1.81. The first-order valence-corrected chi connectivity index (χ1v) is 8.16. The zero-order valence-corrected chi connectivity index (χ0v) is 13.9. The molecule has 0 radical (unpaired) electrons. The van der Waals surface area contributed by atoms with Gasteiger partial charge in [0.05, 0.1) is 4.88 Å². The van der Waals surface area contributed by atoms with E-state index in [0.717, 1.165) is 15.0 Å². The number of aryl methyl sites for hydroxylation is 2. The molecule has 3 heteroatoms. The number of carbonyl (C=O) groups excluding carboxylic acids is 1. The molecule has 0 fully saturated rings. The summed E-state index contributed by atoms with van der Waals surface area (Å²) in [6, 6.07) is 16.5. The SMILES string of the molecule is Cc1ccc(CN(C)C(=O)c2cc3ccccc3s2)c(C)c1. The maximum atomic E-state index is 12.6. The van der Waals surface area contributed by atoms with Crippen molar-refractivity contribution in [3.63, 3.8) is 0 Å². The molecule has 0 saturated heterocycles. The first-order valence-electron chi connectivity index (χ1n) is 7.35. The van der Waals surface area contributed by atoms with Gasteiger partial charge in [0.15, 0.2) is 0 Å². The van der Waals surface area contributed by atoms with Crippen LogP contribution >= 0.6 is 11.3 Å². The van der Waals surface area contributed by atoms with Gasteiger partial charge in [0.1, 0.15) is 0 Å². The van der Waals surface area contributed by atoms with Crippen molar-refractivity contribution in [1.29, 1.82) is 0 Å². The maximum Gasteiger partial charge on any atom is 0.264 e. The van der Waals surface area contributed by atoms with Crippen LogP contribution in [-0.4, -0.2) is 17.9 Å². The number of carbonyl (C=O) groups is 1. The molecule has 0 unspecified atom stereocenters.